The molecule has 0 fully saturated rings. The maximum Gasteiger partial charge on any atom is 0.156 e. The van der Waals surface area contributed by atoms with Crippen LogP contribution < -0.4 is 0 Å². The monoisotopic (exact) mass is 231 g/mol. The number of hydrogen-bond donors (Lipinski definition) is 1. The highest BCUT2D eigenvalue weighted by Gasteiger charge is 2.22. The van der Waals surface area contributed by atoms with Gasteiger partial charge in [-0.05, 0) is 5.41 Å². The molecular formula is C14H21N3. The molecule has 2 heterocycles. The van der Waals surface area contributed by atoms with Gasteiger partial charge in [-0.25, -0.2) is 9.97 Å². The number of fused-ring (bicyclic) bond motifs is 1. The second-order valence-corrected chi connectivity index (χ2v) is 6.65. The zero-order valence-corrected chi connectivity index (χ0v) is 11.5. The minimum atomic E-state index is 0.0353. The van der Waals surface area contributed by atoms with E-state index in [0.717, 1.165) is 16.9 Å². The average Bonchev–Trinajstić information content (AvgIpc) is 2.57. The number of aromatic amines is 1. The Morgan fingerprint density at radius 2 is 1.65 bits per heavy atom. The topological polar surface area (TPSA) is 41.6 Å². The van der Waals surface area contributed by atoms with E-state index in [2.05, 4.69) is 51.5 Å². The van der Waals surface area contributed by atoms with Crippen LogP contribution in [0.3, 0.4) is 0 Å². The Kier molecular flexibility index (Phi) is 2.53. The van der Waals surface area contributed by atoms with Crippen molar-refractivity contribution in [2.24, 2.45) is 0 Å². The molecule has 0 aliphatic carbocycles. The lowest BCUT2D eigenvalue weighted by molar-refractivity contribution is 0.565. The van der Waals surface area contributed by atoms with Crippen molar-refractivity contribution in [3.8, 4) is 0 Å². The molecule has 3 heteroatoms. The molecule has 0 aliphatic rings. The standard InChI is InChI=1S/C14H21N3/c1-13(2,3)9-7-15-12-11(9)17-10(8-16-12)14(4,5)6/h7-8H,1-6H3,(H,15,16). The Morgan fingerprint density at radius 3 is 2.18 bits per heavy atom. The molecule has 0 spiro atoms. The number of aromatic nitrogens is 3. The van der Waals surface area contributed by atoms with E-state index in [1.807, 2.05) is 12.4 Å². The van der Waals surface area contributed by atoms with Crippen LogP contribution in [0.25, 0.3) is 11.2 Å². The Bertz CT molecular complexity index is 539. The lowest BCUT2D eigenvalue weighted by Crippen LogP contribution is -2.15. The van der Waals surface area contributed by atoms with Gasteiger partial charge in [0.05, 0.1) is 11.9 Å². The first-order chi connectivity index (χ1) is 7.69. The van der Waals surface area contributed by atoms with Gasteiger partial charge in [0, 0.05) is 17.2 Å². The summed E-state index contributed by atoms with van der Waals surface area (Å²) in [6, 6.07) is 0. The first-order valence-corrected chi connectivity index (χ1v) is 6.05. The predicted molar refractivity (Wildman–Crippen MR) is 71.3 cm³/mol. The number of rotatable bonds is 0. The van der Waals surface area contributed by atoms with Crippen molar-refractivity contribution in [1.29, 1.82) is 0 Å². The highest BCUT2D eigenvalue weighted by molar-refractivity contribution is 5.76. The summed E-state index contributed by atoms with van der Waals surface area (Å²) in [4.78, 5) is 12.4. The van der Waals surface area contributed by atoms with Gasteiger partial charge in [0.25, 0.3) is 0 Å². The van der Waals surface area contributed by atoms with Crippen molar-refractivity contribution in [1.82, 2.24) is 15.0 Å². The molecule has 17 heavy (non-hydrogen) atoms. The molecule has 0 radical (unpaired) electrons. The van der Waals surface area contributed by atoms with Gasteiger partial charge in [-0.15, -0.1) is 0 Å². The summed E-state index contributed by atoms with van der Waals surface area (Å²) in [5.41, 5.74) is 4.27. The van der Waals surface area contributed by atoms with Crippen LogP contribution in [0.15, 0.2) is 12.4 Å². The van der Waals surface area contributed by atoms with Crippen LogP contribution >= 0.6 is 0 Å². The van der Waals surface area contributed by atoms with Crippen molar-refractivity contribution in [2.75, 3.05) is 0 Å². The van der Waals surface area contributed by atoms with Gasteiger partial charge in [-0.1, -0.05) is 41.5 Å². The van der Waals surface area contributed by atoms with Gasteiger partial charge in [0.15, 0.2) is 5.65 Å². The summed E-state index contributed by atoms with van der Waals surface area (Å²) >= 11 is 0. The van der Waals surface area contributed by atoms with Crippen LogP contribution in [0.5, 0.6) is 0 Å². The second kappa shape index (κ2) is 3.56. The molecule has 1 N–H and O–H groups in total. The fourth-order valence-corrected chi connectivity index (χ4v) is 1.82. The molecular weight excluding hydrogens is 210 g/mol. The van der Waals surface area contributed by atoms with E-state index in [-0.39, 0.29) is 10.8 Å². The summed E-state index contributed by atoms with van der Waals surface area (Å²) in [6.07, 6.45) is 3.89. The number of nitrogens with one attached hydrogen (secondary N) is 1. The predicted octanol–water partition coefficient (Wildman–Crippen LogP) is 3.55. The fraction of sp³-hybridized carbons (Fsp3) is 0.571. The molecule has 0 saturated carbocycles. The number of H-pyrrole nitrogens is 1. The molecule has 0 bridgehead atoms. The molecule has 2 rings (SSSR count). The van der Waals surface area contributed by atoms with Crippen molar-refractivity contribution in [2.45, 2.75) is 52.4 Å². The van der Waals surface area contributed by atoms with E-state index >= 15 is 0 Å². The molecule has 2 aromatic heterocycles. The molecule has 0 aromatic carbocycles. The Morgan fingerprint density at radius 1 is 1.00 bits per heavy atom. The van der Waals surface area contributed by atoms with Crippen LogP contribution in [-0.2, 0) is 10.8 Å². The highest BCUT2D eigenvalue weighted by Crippen LogP contribution is 2.29. The van der Waals surface area contributed by atoms with E-state index in [1.165, 1.54) is 5.56 Å². The normalized spacial score (nSPS) is 13.3. The SMILES string of the molecule is CC(C)(C)c1cnc2[nH]cc(C(C)(C)C)c2n1. The third-order valence-electron chi connectivity index (χ3n) is 2.96. The minimum Gasteiger partial charge on any atom is -0.344 e. The molecule has 0 unspecified atom stereocenters. The van der Waals surface area contributed by atoms with E-state index in [4.69, 9.17) is 4.98 Å². The van der Waals surface area contributed by atoms with Crippen molar-refractivity contribution >= 4 is 11.2 Å². The van der Waals surface area contributed by atoms with Crippen LogP contribution in [0.2, 0.25) is 0 Å². The molecule has 2 aromatic rings. The minimum absolute atomic E-state index is 0.0353. The summed E-state index contributed by atoms with van der Waals surface area (Å²) < 4.78 is 0. The van der Waals surface area contributed by atoms with E-state index in [9.17, 15) is 0 Å². The first-order valence-electron chi connectivity index (χ1n) is 6.05. The highest BCUT2D eigenvalue weighted by atomic mass is 14.9. The van der Waals surface area contributed by atoms with Crippen LogP contribution in [0.1, 0.15) is 52.8 Å². The Balaban J connectivity index is 2.67. The zero-order chi connectivity index (χ0) is 12.8. The van der Waals surface area contributed by atoms with Crippen molar-refractivity contribution in [3.63, 3.8) is 0 Å². The summed E-state index contributed by atoms with van der Waals surface area (Å²) in [6.45, 7) is 13.1. The zero-order valence-electron chi connectivity index (χ0n) is 11.5. The van der Waals surface area contributed by atoms with Gasteiger partial charge < -0.3 is 4.98 Å². The van der Waals surface area contributed by atoms with Crippen LogP contribution in [0, 0.1) is 0 Å². The number of nitrogens with zero attached hydrogens (tertiary/aromatic N) is 2. The Hall–Kier alpha value is -1.38. The molecule has 0 aliphatic heterocycles. The van der Waals surface area contributed by atoms with Crippen LogP contribution in [-0.4, -0.2) is 15.0 Å². The summed E-state index contributed by atoms with van der Waals surface area (Å²) in [7, 11) is 0. The third-order valence-corrected chi connectivity index (χ3v) is 2.96. The van der Waals surface area contributed by atoms with Gasteiger partial charge in [0.2, 0.25) is 0 Å². The molecule has 3 nitrogen and oxygen atoms in total. The quantitative estimate of drug-likeness (QED) is 0.753. The molecule has 0 saturated heterocycles. The molecule has 0 atom stereocenters. The van der Waals surface area contributed by atoms with Gasteiger partial charge in [-0.2, -0.15) is 0 Å². The smallest absolute Gasteiger partial charge is 0.156 e. The average molecular weight is 231 g/mol. The van der Waals surface area contributed by atoms with Gasteiger partial charge in [-0.3, -0.25) is 0 Å². The summed E-state index contributed by atoms with van der Waals surface area (Å²) in [5, 5.41) is 0. The van der Waals surface area contributed by atoms with E-state index in [1.54, 1.807) is 0 Å². The van der Waals surface area contributed by atoms with Crippen molar-refractivity contribution < 1.29 is 0 Å². The first kappa shape index (κ1) is 12.1. The third kappa shape index (κ3) is 2.19. The van der Waals surface area contributed by atoms with Gasteiger partial charge >= 0.3 is 0 Å². The Labute approximate surface area is 103 Å². The maximum absolute atomic E-state index is 4.78. The maximum atomic E-state index is 4.78. The lowest BCUT2D eigenvalue weighted by atomic mass is 9.88. The van der Waals surface area contributed by atoms with Gasteiger partial charge in [0.1, 0.15) is 5.52 Å². The van der Waals surface area contributed by atoms with E-state index < -0.39 is 0 Å². The van der Waals surface area contributed by atoms with E-state index in [0.29, 0.717) is 0 Å². The van der Waals surface area contributed by atoms with Crippen molar-refractivity contribution in [3.05, 3.63) is 23.7 Å². The summed E-state index contributed by atoms with van der Waals surface area (Å²) in [5.74, 6) is 0. The fourth-order valence-electron chi connectivity index (χ4n) is 1.82. The lowest BCUT2D eigenvalue weighted by Gasteiger charge is -2.19. The largest absolute Gasteiger partial charge is 0.344 e. The van der Waals surface area contributed by atoms with Crippen LogP contribution in [0.4, 0.5) is 0 Å². The molecule has 0 amide bonds. The second-order valence-electron chi connectivity index (χ2n) is 6.65. The molecule has 92 valence electrons. The number of hydrogen-bond acceptors (Lipinski definition) is 2.